The van der Waals surface area contributed by atoms with Crippen molar-refractivity contribution in [1.29, 1.82) is 0 Å². The van der Waals surface area contributed by atoms with Crippen LogP contribution in [0.4, 0.5) is 0 Å². The summed E-state index contributed by atoms with van der Waals surface area (Å²) < 4.78 is 5.75. The van der Waals surface area contributed by atoms with Gasteiger partial charge in [0.05, 0.1) is 6.61 Å². The second-order valence-corrected chi connectivity index (χ2v) is 6.44. The molecule has 0 heterocycles. The first kappa shape index (κ1) is 16.0. The summed E-state index contributed by atoms with van der Waals surface area (Å²) in [7, 11) is 0. The fraction of sp³-hybridized carbons (Fsp3) is 0.647. The van der Waals surface area contributed by atoms with Gasteiger partial charge in [0.15, 0.2) is 0 Å². The molecule has 0 atom stereocenters. The van der Waals surface area contributed by atoms with Gasteiger partial charge >= 0.3 is 0 Å². The first-order valence-corrected chi connectivity index (χ1v) is 7.36. The number of hydrogen-bond donors (Lipinski definition) is 1. The predicted molar refractivity (Wildman–Crippen MR) is 83.0 cm³/mol. The Labute approximate surface area is 118 Å². The zero-order chi connectivity index (χ0) is 14.3. The minimum atomic E-state index is 0.209. The fourth-order valence-electron chi connectivity index (χ4n) is 1.86. The first-order chi connectivity index (χ1) is 8.89. The second-order valence-electron chi connectivity index (χ2n) is 6.44. The normalized spacial score (nSPS) is 11.9. The van der Waals surface area contributed by atoms with Crippen LogP contribution in [0.15, 0.2) is 24.3 Å². The van der Waals surface area contributed by atoms with E-state index in [1.54, 1.807) is 0 Å². The third-order valence-corrected chi connectivity index (χ3v) is 3.11. The Bertz CT molecular complexity index is 349. The molecule has 1 aromatic carbocycles. The van der Waals surface area contributed by atoms with E-state index in [2.05, 4.69) is 64.2 Å². The minimum Gasteiger partial charge on any atom is -0.494 e. The number of benzene rings is 1. The Morgan fingerprint density at radius 3 is 2.21 bits per heavy atom. The standard InChI is InChI=1S/C17H29NO/c1-14(2)18-12-6-7-13-19-16-10-8-15(9-11-16)17(3,4)5/h8-11,14,18H,6-7,12-13H2,1-5H3. The van der Waals surface area contributed by atoms with Crippen molar-refractivity contribution < 1.29 is 4.74 Å². The van der Waals surface area contributed by atoms with Crippen molar-refractivity contribution in [2.45, 2.75) is 58.9 Å². The van der Waals surface area contributed by atoms with E-state index in [0.29, 0.717) is 6.04 Å². The van der Waals surface area contributed by atoms with Gasteiger partial charge in [-0.3, -0.25) is 0 Å². The molecule has 108 valence electrons. The third-order valence-electron chi connectivity index (χ3n) is 3.11. The van der Waals surface area contributed by atoms with Gasteiger partial charge in [-0.15, -0.1) is 0 Å². The number of nitrogens with one attached hydrogen (secondary N) is 1. The molecule has 0 radical (unpaired) electrons. The zero-order valence-corrected chi connectivity index (χ0v) is 13.1. The summed E-state index contributed by atoms with van der Waals surface area (Å²) in [5, 5.41) is 3.41. The van der Waals surface area contributed by atoms with Gasteiger partial charge in [-0.05, 0) is 42.5 Å². The van der Waals surface area contributed by atoms with Gasteiger partial charge in [0.2, 0.25) is 0 Å². The average Bonchev–Trinajstić information content (AvgIpc) is 2.32. The Hall–Kier alpha value is -1.02. The summed E-state index contributed by atoms with van der Waals surface area (Å²) in [6.45, 7) is 12.9. The van der Waals surface area contributed by atoms with Gasteiger partial charge < -0.3 is 10.1 Å². The lowest BCUT2D eigenvalue weighted by Crippen LogP contribution is -2.23. The fourth-order valence-corrected chi connectivity index (χ4v) is 1.86. The summed E-state index contributed by atoms with van der Waals surface area (Å²) >= 11 is 0. The number of ether oxygens (including phenoxy) is 1. The Morgan fingerprint density at radius 1 is 1.05 bits per heavy atom. The van der Waals surface area contributed by atoms with E-state index in [9.17, 15) is 0 Å². The molecular formula is C17H29NO. The summed E-state index contributed by atoms with van der Waals surface area (Å²) in [4.78, 5) is 0. The van der Waals surface area contributed by atoms with Crippen LogP contribution in [0.1, 0.15) is 53.0 Å². The summed E-state index contributed by atoms with van der Waals surface area (Å²) in [6, 6.07) is 9.05. The molecule has 1 rings (SSSR count). The SMILES string of the molecule is CC(C)NCCCCOc1ccc(C(C)(C)C)cc1. The molecule has 2 heteroatoms. The Morgan fingerprint density at radius 2 is 1.68 bits per heavy atom. The van der Waals surface area contributed by atoms with Gasteiger partial charge in [0.1, 0.15) is 5.75 Å². The molecule has 0 fully saturated rings. The van der Waals surface area contributed by atoms with Crippen molar-refractivity contribution in [3.05, 3.63) is 29.8 Å². The molecule has 0 saturated carbocycles. The lowest BCUT2D eigenvalue weighted by molar-refractivity contribution is 0.305. The Kier molecular flexibility index (Phi) is 6.36. The van der Waals surface area contributed by atoms with Gasteiger partial charge in [-0.2, -0.15) is 0 Å². The van der Waals surface area contributed by atoms with Crippen LogP contribution >= 0.6 is 0 Å². The molecule has 19 heavy (non-hydrogen) atoms. The van der Waals surface area contributed by atoms with E-state index in [1.807, 2.05) is 0 Å². The lowest BCUT2D eigenvalue weighted by atomic mass is 9.87. The maximum absolute atomic E-state index is 5.75. The highest BCUT2D eigenvalue weighted by atomic mass is 16.5. The average molecular weight is 263 g/mol. The minimum absolute atomic E-state index is 0.209. The molecule has 2 nitrogen and oxygen atoms in total. The van der Waals surface area contributed by atoms with Crippen LogP contribution in [0.3, 0.4) is 0 Å². The molecule has 0 aliphatic heterocycles. The molecule has 0 aromatic heterocycles. The van der Waals surface area contributed by atoms with E-state index in [0.717, 1.165) is 31.7 Å². The maximum atomic E-state index is 5.75. The van der Waals surface area contributed by atoms with E-state index >= 15 is 0 Å². The summed E-state index contributed by atoms with van der Waals surface area (Å²) in [5.74, 6) is 0.977. The van der Waals surface area contributed by atoms with Crippen LogP contribution in [0.2, 0.25) is 0 Å². The molecule has 0 aliphatic rings. The maximum Gasteiger partial charge on any atom is 0.119 e. The van der Waals surface area contributed by atoms with E-state index in [1.165, 1.54) is 5.56 Å². The van der Waals surface area contributed by atoms with Crippen LogP contribution in [0, 0.1) is 0 Å². The van der Waals surface area contributed by atoms with Crippen molar-refractivity contribution in [3.63, 3.8) is 0 Å². The van der Waals surface area contributed by atoms with E-state index in [-0.39, 0.29) is 5.41 Å². The largest absolute Gasteiger partial charge is 0.494 e. The van der Waals surface area contributed by atoms with Crippen LogP contribution in [-0.4, -0.2) is 19.2 Å². The number of unbranched alkanes of at least 4 members (excludes halogenated alkanes) is 1. The predicted octanol–water partition coefficient (Wildman–Crippen LogP) is 4.14. The van der Waals surface area contributed by atoms with E-state index < -0.39 is 0 Å². The van der Waals surface area contributed by atoms with Crippen molar-refractivity contribution >= 4 is 0 Å². The summed E-state index contributed by atoms with van der Waals surface area (Å²) in [6.07, 6.45) is 2.26. The second kappa shape index (κ2) is 7.54. The number of rotatable bonds is 7. The number of hydrogen-bond acceptors (Lipinski definition) is 2. The molecule has 1 aromatic rings. The molecule has 0 unspecified atom stereocenters. The van der Waals surface area contributed by atoms with E-state index in [4.69, 9.17) is 4.74 Å². The van der Waals surface area contributed by atoms with Crippen LogP contribution in [0.5, 0.6) is 5.75 Å². The van der Waals surface area contributed by atoms with Gasteiger partial charge in [-0.1, -0.05) is 46.8 Å². The van der Waals surface area contributed by atoms with Crippen molar-refractivity contribution in [2.75, 3.05) is 13.2 Å². The molecule has 0 amide bonds. The van der Waals surface area contributed by atoms with Gasteiger partial charge in [-0.25, -0.2) is 0 Å². The highest BCUT2D eigenvalue weighted by Crippen LogP contribution is 2.24. The van der Waals surface area contributed by atoms with Crippen molar-refractivity contribution in [2.24, 2.45) is 0 Å². The highest BCUT2D eigenvalue weighted by molar-refractivity contribution is 5.31. The third kappa shape index (κ3) is 6.63. The van der Waals surface area contributed by atoms with Gasteiger partial charge in [0.25, 0.3) is 0 Å². The Balaban J connectivity index is 2.23. The van der Waals surface area contributed by atoms with Crippen LogP contribution in [-0.2, 0) is 5.41 Å². The van der Waals surface area contributed by atoms with Crippen LogP contribution in [0.25, 0.3) is 0 Å². The smallest absolute Gasteiger partial charge is 0.119 e. The molecular weight excluding hydrogens is 234 g/mol. The first-order valence-electron chi connectivity index (χ1n) is 7.36. The van der Waals surface area contributed by atoms with Gasteiger partial charge in [0, 0.05) is 6.04 Å². The molecule has 0 bridgehead atoms. The monoisotopic (exact) mass is 263 g/mol. The van der Waals surface area contributed by atoms with Crippen molar-refractivity contribution in [3.8, 4) is 5.75 Å². The summed E-state index contributed by atoms with van der Waals surface area (Å²) in [5.41, 5.74) is 1.56. The quantitative estimate of drug-likeness (QED) is 0.746. The molecule has 1 N–H and O–H groups in total. The van der Waals surface area contributed by atoms with Crippen molar-refractivity contribution in [1.82, 2.24) is 5.32 Å². The molecule has 0 aliphatic carbocycles. The molecule has 0 saturated heterocycles. The molecule has 0 spiro atoms. The van der Waals surface area contributed by atoms with Crippen LogP contribution < -0.4 is 10.1 Å². The lowest BCUT2D eigenvalue weighted by Gasteiger charge is -2.19. The zero-order valence-electron chi connectivity index (χ0n) is 13.1. The highest BCUT2D eigenvalue weighted by Gasteiger charge is 2.12. The topological polar surface area (TPSA) is 21.3 Å².